The monoisotopic (exact) mass is 327 g/mol. The third-order valence-corrected chi connectivity index (χ3v) is 13.1. The number of aromatic nitrogens is 2. The molecule has 1 aromatic rings. The lowest BCUT2D eigenvalue weighted by Crippen LogP contribution is -2.59. The van der Waals surface area contributed by atoms with Crippen molar-refractivity contribution >= 4 is 24.7 Å². The molecule has 0 N–H and O–H groups in total. The second kappa shape index (κ2) is 5.90. The van der Waals surface area contributed by atoms with Crippen LogP contribution in [0.3, 0.4) is 0 Å². The normalized spacial score (nSPS) is 14.1. The fourth-order valence-electron chi connectivity index (χ4n) is 2.76. The summed E-state index contributed by atoms with van der Waals surface area (Å²) in [5.41, 5.74) is 1.26. The summed E-state index contributed by atoms with van der Waals surface area (Å²) in [5, 5.41) is 0. The highest BCUT2D eigenvalue weighted by Crippen LogP contribution is 2.20. The molecule has 0 aliphatic rings. The molecule has 0 aliphatic heterocycles. The Morgan fingerprint density at radius 2 is 1.45 bits per heavy atom. The van der Waals surface area contributed by atoms with Crippen LogP contribution in [0.15, 0.2) is 12.5 Å². The Bertz CT molecular complexity index is 422. The van der Waals surface area contributed by atoms with Crippen molar-refractivity contribution < 1.29 is 0 Å². The van der Waals surface area contributed by atoms with Gasteiger partial charge in [-0.3, -0.25) is 0 Å². The first-order valence-corrected chi connectivity index (χ1v) is 18.0. The van der Waals surface area contributed by atoms with Crippen LogP contribution in [0.5, 0.6) is 0 Å². The number of imidazole rings is 1. The van der Waals surface area contributed by atoms with E-state index in [2.05, 4.69) is 78.6 Å². The molecule has 1 aromatic heterocycles. The molecular weight excluding hydrogens is 294 g/mol. The summed E-state index contributed by atoms with van der Waals surface area (Å²) in [6.07, 6.45) is 5.40. The van der Waals surface area contributed by atoms with Crippen molar-refractivity contribution in [1.29, 1.82) is 0 Å². The SMILES string of the molecule is C[Si](C)(C)N(CCc1cn([Si](C)(C)C)cn1)[Si](C)(C)C. The number of rotatable bonds is 6. The smallest absolute Gasteiger partial charge is 0.154 e. The molecule has 0 bridgehead atoms. The second-order valence-corrected chi connectivity index (χ2v) is 23.8. The van der Waals surface area contributed by atoms with Gasteiger partial charge in [0.25, 0.3) is 0 Å². The van der Waals surface area contributed by atoms with Crippen LogP contribution in [0, 0.1) is 0 Å². The zero-order valence-corrected chi connectivity index (χ0v) is 17.9. The van der Waals surface area contributed by atoms with E-state index >= 15 is 0 Å². The molecular formula is C14H33N3Si3. The summed E-state index contributed by atoms with van der Waals surface area (Å²) >= 11 is 0. The third-order valence-electron chi connectivity index (χ3n) is 3.62. The molecule has 0 radical (unpaired) electrons. The van der Waals surface area contributed by atoms with Crippen molar-refractivity contribution in [3.05, 3.63) is 18.2 Å². The third kappa shape index (κ3) is 4.98. The van der Waals surface area contributed by atoms with Crippen LogP contribution in [0.2, 0.25) is 58.9 Å². The lowest BCUT2D eigenvalue weighted by atomic mass is 10.3. The van der Waals surface area contributed by atoms with Crippen molar-refractivity contribution in [1.82, 2.24) is 13.4 Å². The first kappa shape index (κ1) is 17.9. The van der Waals surface area contributed by atoms with Gasteiger partial charge < -0.3 is 8.46 Å². The van der Waals surface area contributed by atoms with E-state index in [4.69, 9.17) is 0 Å². The highest BCUT2D eigenvalue weighted by molar-refractivity contribution is 6.89. The summed E-state index contributed by atoms with van der Waals surface area (Å²) in [7, 11) is -3.76. The molecule has 0 aromatic carbocycles. The van der Waals surface area contributed by atoms with Crippen molar-refractivity contribution in [3.8, 4) is 0 Å². The zero-order chi connectivity index (χ0) is 15.8. The minimum absolute atomic E-state index is 1.09. The standard InChI is InChI=1S/C14H33N3Si3/c1-18(2,3)16-12-14(15-13-16)10-11-17(19(4,5)6)20(7,8)9/h12-13H,10-11H2,1-9H3. The van der Waals surface area contributed by atoms with Gasteiger partial charge in [0.05, 0.1) is 12.0 Å². The van der Waals surface area contributed by atoms with Gasteiger partial charge >= 0.3 is 0 Å². The van der Waals surface area contributed by atoms with E-state index in [0.29, 0.717) is 0 Å². The van der Waals surface area contributed by atoms with E-state index < -0.39 is 24.7 Å². The Hall–Kier alpha value is -0.179. The van der Waals surface area contributed by atoms with Crippen molar-refractivity contribution in [3.63, 3.8) is 0 Å². The van der Waals surface area contributed by atoms with E-state index in [0.717, 1.165) is 6.42 Å². The maximum absolute atomic E-state index is 4.62. The summed E-state index contributed by atoms with van der Waals surface area (Å²) in [6.45, 7) is 23.0. The Labute approximate surface area is 128 Å². The molecule has 1 rings (SSSR count). The Balaban J connectivity index is 2.77. The van der Waals surface area contributed by atoms with Gasteiger partial charge in [-0.25, -0.2) is 4.98 Å². The molecule has 0 saturated carbocycles. The van der Waals surface area contributed by atoms with Crippen LogP contribution in [0.4, 0.5) is 0 Å². The predicted molar refractivity (Wildman–Crippen MR) is 98.1 cm³/mol. The van der Waals surface area contributed by atoms with E-state index in [1.165, 1.54) is 12.2 Å². The maximum atomic E-state index is 4.62. The highest BCUT2D eigenvalue weighted by Gasteiger charge is 2.33. The Morgan fingerprint density at radius 3 is 1.80 bits per heavy atom. The average Bonchev–Trinajstić information content (AvgIpc) is 2.61. The summed E-state index contributed by atoms with van der Waals surface area (Å²) in [4.78, 5) is 4.62. The molecule has 0 saturated heterocycles. The summed E-state index contributed by atoms with van der Waals surface area (Å²) in [6, 6.07) is 0. The molecule has 0 spiro atoms. The Kier molecular flexibility index (Phi) is 5.27. The minimum atomic E-state index is -1.28. The average molecular weight is 328 g/mol. The first-order valence-electron chi connectivity index (χ1n) is 7.63. The molecule has 0 unspecified atom stereocenters. The number of hydrogen-bond donors (Lipinski definition) is 0. The molecule has 6 heteroatoms. The van der Waals surface area contributed by atoms with E-state index in [1.54, 1.807) is 0 Å². The van der Waals surface area contributed by atoms with E-state index in [9.17, 15) is 0 Å². The molecule has 3 nitrogen and oxygen atoms in total. The highest BCUT2D eigenvalue weighted by atomic mass is 28.4. The fourth-order valence-corrected chi connectivity index (χ4v) is 13.3. The van der Waals surface area contributed by atoms with Gasteiger partial charge in [0.15, 0.2) is 8.24 Å². The Morgan fingerprint density at radius 1 is 0.950 bits per heavy atom. The van der Waals surface area contributed by atoms with Gasteiger partial charge in [-0.05, 0) is 6.54 Å². The molecule has 116 valence electrons. The van der Waals surface area contributed by atoms with Crippen LogP contribution in [-0.2, 0) is 6.42 Å². The molecule has 0 aliphatic carbocycles. The van der Waals surface area contributed by atoms with E-state index in [1.807, 2.05) is 6.33 Å². The largest absolute Gasteiger partial charge is 0.365 e. The maximum Gasteiger partial charge on any atom is 0.154 e. The molecule has 1 heterocycles. The van der Waals surface area contributed by atoms with Crippen LogP contribution in [0.1, 0.15) is 5.69 Å². The topological polar surface area (TPSA) is 21.1 Å². The van der Waals surface area contributed by atoms with Crippen molar-refractivity contribution in [2.24, 2.45) is 0 Å². The number of nitrogens with zero attached hydrogens (tertiary/aromatic N) is 3. The molecule has 0 amide bonds. The van der Waals surface area contributed by atoms with Gasteiger partial charge in [0.1, 0.15) is 16.5 Å². The van der Waals surface area contributed by atoms with Gasteiger partial charge in [-0.15, -0.1) is 0 Å². The van der Waals surface area contributed by atoms with Gasteiger partial charge in [-0.1, -0.05) is 58.9 Å². The van der Waals surface area contributed by atoms with Crippen LogP contribution < -0.4 is 0 Å². The summed E-state index contributed by atoms with van der Waals surface area (Å²) < 4.78 is 5.20. The lowest BCUT2D eigenvalue weighted by Gasteiger charge is -2.43. The van der Waals surface area contributed by atoms with Gasteiger partial charge in [0, 0.05) is 12.6 Å². The first-order chi connectivity index (χ1) is 8.82. The van der Waals surface area contributed by atoms with E-state index in [-0.39, 0.29) is 0 Å². The molecule has 0 fully saturated rings. The van der Waals surface area contributed by atoms with Crippen LogP contribution in [-0.4, -0.2) is 44.7 Å². The van der Waals surface area contributed by atoms with Crippen LogP contribution in [0.25, 0.3) is 0 Å². The summed E-state index contributed by atoms with van der Waals surface area (Å²) in [5.74, 6) is 0. The molecule has 20 heavy (non-hydrogen) atoms. The van der Waals surface area contributed by atoms with Crippen molar-refractivity contribution in [2.45, 2.75) is 65.3 Å². The van der Waals surface area contributed by atoms with Gasteiger partial charge in [0.2, 0.25) is 0 Å². The van der Waals surface area contributed by atoms with Gasteiger partial charge in [-0.2, -0.15) is 0 Å². The number of hydrogen-bond acceptors (Lipinski definition) is 2. The fraction of sp³-hybridized carbons (Fsp3) is 0.786. The predicted octanol–water partition coefficient (Wildman–Crippen LogP) is 4.08. The lowest BCUT2D eigenvalue weighted by molar-refractivity contribution is 0.608. The quantitative estimate of drug-likeness (QED) is 0.734. The minimum Gasteiger partial charge on any atom is -0.365 e. The zero-order valence-electron chi connectivity index (χ0n) is 14.9. The van der Waals surface area contributed by atoms with Crippen LogP contribution >= 0.6 is 0 Å². The molecule has 0 atom stereocenters. The van der Waals surface area contributed by atoms with Crippen molar-refractivity contribution in [2.75, 3.05) is 6.54 Å². The second-order valence-electron chi connectivity index (χ2n) is 8.69.